The van der Waals surface area contributed by atoms with E-state index < -0.39 is 0 Å². The zero-order chi connectivity index (χ0) is 15.2. The zero-order valence-corrected chi connectivity index (χ0v) is 13.4. The molecule has 3 heteroatoms. The van der Waals surface area contributed by atoms with Crippen LogP contribution in [0, 0.1) is 6.92 Å². The van der Waals surface area contributed by atoms with E-state index in [0.29, 0.717) is 6.04 Å². The molecule has 22 heavy (non-hydrogen) atoms. The third-order valence-electron chi connectivity index (χ3n) is 5.47. The van der Waals surface area contributed by atoms with Crippen LogP contribution in [0.5, 0.6) is 0 Å². The highest BCUT2D eigenvalue weighted by molar-refractivity contribution is 5.61. The molecular formula is C19H23N3. The first-order valence-corrected chi connectivity index (χ1v) is 8.40. The number of para-hydroxylation sites is 1. The van der Waals surface area contributed by atoms with Gasteiger partial charge in [0.05, 0.1) is 23.0 Å². The summed E-state index contributed by atoms with van der Waals surface area (Å²) in [6, 6.07) is 9.03. The lowest BCUT2D eigenvalue weighted by atomic mass is 9.79. The van der Waals surface area contributed by atoms with Gasteiger partial charge >= 0.3 is 0 Å². The summed E-state index contributed by atoms with van der Waals surface area (Å²) in [4.78, 5) is 12.1. The Bertz CT molecular complexity index is 689. The summed E-state index contributed by atoms with van der Waals surface area (Å²) in [5.41, 5.74) is 5.13. The van der Waals surface area contributed by atoms with E-state index in [-0.39, 0.29) is 5.54 Å². The average molecular weight is 293 g/mol. The third kappa shape index (κ3) is 1.81. The molecule has 2 aromatic rings. The first-order valence-electron chi connectivity index (χ1n) is 8.40. The van der Waals surface area contributed by atoms with Crippen molar-refractivity contribution in [1.29, 1.82) is 0 Å². The van der Waals surface area contributed by atoms with Crippen molar-refractivity contribution in [3.63, 3.8) is 0 Å². The van der Waals surface area contributed by atoms with Crippen molar-refractivity contribution >= 4 is 5.69 Å². The molecule has 1 atom stereocenters. The van der Waals surface area contributed by atoms with Crippen LogP contribution in [-0.2, 0) is 5.54 Å². The normalized spacial score (nSPS) is 22.8. The number of aryl methyl sites for hydroxylation is 1. The van der Waals surface area contributed by atoms with Crippen LogP contribution < -0.4 is 4.90 Å². The summed E-state index contributed by atoms with van der Waals surface area (Å²) in [6.07, 6.45) is 9.99. The fourth-order valence-corrected chi connectivity index (χ4v) is 4.51. The van der Waals surface area contributed by atoms with Gasteiger partial charge in [-0.15, -0.1) is 0 Å². The highest BCUT2D eigenvalue weighted by atomic mass is 15.3. The lowest BCUT2D eigenvalue weighted by Crippen LogP contribution is -2.44. The Kier molecular flexibility index (Phi) is 3.17. The van der Waals surface area contributed by atoms with Crippen LogP contribution in [-0.4, -0.2) is 9.97 Å². The number of anilines is 1. The summed E-state index contributed by atoms with van der Waals surface area (Å²) >= 11 is 0. The third-order valence-corrected chi connectivity index (χ3v) is 5.47. The predicted molar refractivity (Wildman–Crippen MR) is 88.9 cm³/mol. The lowest BCUT2D eigenvalue weighted by Gasteiger charge is -2.45. The Morgan fingerprint density at radius 2 is 1.77 bits per heavy atom. The second-order valence-electron chi connectivity index (χ2n) is 6.71. The molecular weight excluding hydrogens is 270 g/mol. The van der Waals surface area contributed by atoms with Gasteiger partial charge in [0.15, 0.2) is 0 Å². The summed E-state index contributed by atoms with van der Waals surface area (Å²) in [6.45, 7) is 4.49. The molecule has 0 unspecified atom stereocenters. The van der Waals surface area contributed by atoms with Gasteiger partial charge in [0.25, 0.3) is 0 Å². The standard InChI is InChI=1S/C19H23N3/c1-14-8-4-5-9-16(14)22-15(2)17-18(21-13-12-20-17)19(22)10-6-3-7-11-19/h4-5,8-9,12-13,15H,3,6-7,10-11H2,1-2H3/t15-/m0/s1. The zero-order valence-electron chi connectivity index (χ0n) is 13.4. The van der Waals surface area contributed by atoms with Gasteiger partial charge in [-0.3, -0.25) is 9.97 Å². The van der Waals surface area contributed by atoms with E-state index in [4.69, 9.17) is 9.97 Å². The lowest BCUT2D eigenvalue weighted by molar-refractivity contribution is 0.278. The van der Waals surface area contributed by atoms with E-state index in [9.17, 15) is 0 Å². The van der Waals surface area contributed by atoms with Crippen molar-refractivity contribution < 1.29 is 0 Å². The van der Waals surface area contributed by atoms with E-state index >= 15 is 0 Å². The molecule has 2 aliphatic rings. The summed E-state index contributed by atoms with van der Waals surface area (Å²) < 4.78 is 0. The smallest absolute Gasteiger partial charge is 0.0896 e. The Balaban J connectivity index is 1.92. The van der Waals surface area contributed by atoms with Crippen molar-refractivity contribution in [3.05, 3.63) is 53.6 Å². The minimum Gasteiger partial charge on any atom is -0.352 e. The van der Waals surface area contributed by atoms with Crippen molar-refractivity contribution in [2.75, 3.05) is 4.90 Å². The van der Waals surface area contributed by atoms with Gasteiger partial charge < -0.3 is 4.90 Å². The van der Waals surface area contributed by atoms with Crippen LogP contribution in [0.3, 0.4) is 0 Å². The Labute approximate surface area is 132 Å². The van der Waals surface area contributed by atoms with Crippen molar-refractivity contribution in [2.24, 2.45) is 0 Å². The van der Waals surface area contributed by atoms with E-state index in [1.807, 2.05) is 12.4 Å². The largest absolute Gasteiger partial charge is 0.352 e. The monoisotopic (exact) mass is 293 g/mol. The molecule has 1 aromatic heterocycles. The Hall–Kier alpha value is -1.90. The first-order chi connectivity index (χ1) is 10.7. The van der Waals surface area contributed by atoms with Crippen molar-refractivity contribution in [1.82, 2.24) is 9.97 Å². The SMILES string of the molecule is Cc1ccccc1N1[C@@H](C)c2nccnc2C12CCCCC2. The summed E-state index contributed by atoms with van der Waals surface area (Å²) in [7, 11) is 0. The summed E-state index contributed by atoms with van der Waals surface area (Å²) in [5.74, 6) is 0. The molecule has 1 aliphatic heterocycles. The Morgan fingerprint density at radius 1 is 1.05 bits per heavy atom. The minimum absolute atomic E-state index is 0.0490. The number of hydrogen-bond acceptors (Lipinski definition) is 3. The van der Waals surface area contributed by atoms with Crippen LogP contribution in [0.1, 0.15) is 62.0 Å². The van der Waals surface area contributed by atoms with Crippen molar-refractivity contribution in [2.45, 2.75) is 57.5 Å². The number of nitrogens with zero attached hydrogens (tertiary/aromatic N) is 3. The summed E-state index contributed by atoms with van der Waals surface area (Å²) in [5, 5.41) is 0. The average Bonchev–Trinajstić information content (AvgIpc) is 2.79. The molecule has 3 nitrogen and oxygen atoms in total. The molecule has 1 fully saturated rings. The van der Waals surface area contributed by atoms with Gasteiger partial charge in [0, 0.05) is 18.1 Å². The number of rotatable bonds is 1. The maximum absolute atomic E-state index is 4.79. The number of hydrogen-bond donors (Lipinski definition) is 0. The fraction of sp³-hybridized carbons (Fsp3) is 0.474. The topological polar surface area (TPSA) is 29.0 Å². The predicted octanol–water partition coefficient (Wildman–Crippen LogP) is 4.53. The molecule has 0 radical (unpaired) electrons. The molecule has 2 heterocycles. The second-order valence-corrected chi connectivity index (χ2v) is 6.71. The molecule has 0 amide bonds. The maximum atomic E-state index is 4.79. The highest BCUT2D eigenvalue weighted by Crippen LogP contribution is 2.54. The maximum Gasteiger partial charge on any atom is 0.0896 e. The molecule has 1 aromatic carbocycles. The molecule has 4 rings (SSSR count). The highest BCUT2D eigenvalue weighted by Gasteiger charge is 2.51. The molecule has 114 valence electrons. The van der Waals surface area contributed by atoms with E-state index in [1.165, 1.54) is 54.7 Å². The van der Waals surface area contributed by atoms with E-state index in [2.05, 4.69) is 43.0 Å². The first kappa shape index (κ1) is 13.7. The van der Waals surface area contributed by atoms with Gasteiger partial charge in [-0.25, -0.2) is 0 Å². The Morgan fingerprint density at radius 3 is 2.55 bits per heavy atom. The van der Waals surface area contributed by atoms with Crippen LogP contribution in [0.4, 0.5) is 5.69 Å². The molecule has 1 aliphatic carbocycles. The fourth-order valence-electron chi connectivity index (χ4n) is 4.51. The van der Waals surface area contributed by atoms with Gasteiger partial charge in [-0.1, -0.05) is 37.5 Å². The molecule has 1 saturated carbocycles. The van der Waals surface area contributed by atoms with Gasteiger partial charge in [0.1, 0.15) is 0 Å². The molecule has 0 saturated heterocycles. The number of benzene rings is 1. The molecule has 0 bridgehead atoms. The van der Waals surface area contributed by atoms with Crippen LogP contribution in [0.25, 0.3) is 0 Å². The van der Waals surface area contributed by atoms with Gasteiger partial charge in [-0.2, -0.15) is 0 Å². The quantitative estimate of drug-likeness (QED) is 0.773. The van der Waals surface area contributed by atoms with E-state index in [1.54, 1.807) is 0 Å². The molecule has 1 spiro atoms. The van der Waals surface area contributed by atoms with Gasteiger partial charge in [0.2, 0.25) is 0 Å². The number of fused-ring (bicyclic) bond motifs is 2. The second kappa shape index (κ2) is 5.08. The molecule has 0 N–H and O–H groups in total. The van der Waals surface area contributed by atoms with Crippen LogP contribution in [0.2, 0.25) is 0 Å². The van der Waals surface area contributed by atoms with Gasteiger partial charge in [-0.05, 0) is 38.3 Å². The van der Waals surface area contributed by atoms with Crippen LogP contribution in [0.15, 0.2) is 36.7 Å². The number of aromatic nitrogens is 2. The van der Waals surface area contributed by atoms with Crippen molar-refractivity contribution in [3.8, 4) is 0 Å². The van der Waals surface area contributed by atoms with Crippen LogP contribution >= 0.6 is 0 Å². The van der Waals surface area contributed by atoms with E-state index in [0.717, 1.165) is 0 Å². The minimum atomic E-state index is 0.0490.